The number of carbonyl (C=O) groups excluding carboxylic acids is 3. The number of aldehydes is 1. The molecule has 4 aromatic heterocycles. The van der Waals surface area contributed by atoms with E-state index in [1.54, 1.807) is 18.2 Å². The average molecular weight is 1180 g/mol. The fraction of sp³-hybridized carbons (Fsp3) is 0.403. The Balaban J connectivity index is 0.000000173. The molecule has 430 valence electrons. The summed E-state index contributed by atoms with van der Waals surface area (Å²) in [4.78, 5) is 42.3. The molecule has 2 saturated carbocycles. The van der Waals surface area contributed by atoms with E-state index >= 15 is 0 Å². The molecule has 4 aromatic carbocycles. The lowest BCUT2D eigenvalue weighted by atomic mass is 10.0. The second-order valence-corrected chi connectivity index (χ2v) is 22.5. The Kier molecular flexibility index (Phi) is 19.7. The van der Waals surface area contributed by atoms with Gasteiger partial charge in [0.25, 0.3) is 0 Å². The molecule has 8 aromatic rings. The van der Waals surface area contributed by atoms with Crippen molar-refractivity contribution in [3.63, 3.8) is 0 Å². The summed E-state index contributed by atoms with van der Waals surface area (Å²) in [6, 6.07) is 24.2. The number of carbonyl (C=O) groups is 3. The Hall–Kier alpha value is -6.33. The summed E-state index contributed by atoms with van der Waals surface area (Å²) in [6.07, 6.45) is 10.1. The van der Waals surface area contributed by atoms with Crippen molar-refractivity contribution in [2.75, 3.05) is 69.8 Å². The van der Waals surface area contributed by atoms with E-state index in [1.807, 2.05) is 66.0 Å². The summed E-state index contributed by atoms with van der Waals surface area (Å²) in [5.41, 5.74) is 10.4. The Bertz CT molecular complexity index is 3500. The summed E-state index contributed by atoms with van der Waals surface area (Å²) in [7, 11) is 6.75. The van der Waals surface area contributed by atoms with E-state index in [0.29, 0.717) is 66.4 Å². The fourth-order valence-corrected chi connectivity index (χ4v) is 12.3. The van der Waals surface area contributed by atoms with Crippen LogP contribution >= 0.6 is 46.4 Å². The van der Waals surface area contributed by atoms with Crippen molar-refractivity contribution in [2.45, 2.75) is 91.1 Å². The van der Waals surface area contributed by atoms with Gasteiger partial charge in [0.05, 0.1) is 56.5 Å². The molecule has 1 N–H and O–H groups in total. The minimum absolute atomic E-state index is 0. The number of anilines is 2. The van der Waals surface area contributed by atoms with E-state index in [2.05, 4.69) is 68.4 Å². The first-order chi connectivity index (χ1) is 38.2. The van der Waals surface area contributed by atoms with Crippen LogP contribution in [-0.4, -0.2) is 115 Å². The van der Waals surface area contributed by atoms with Gasteiger partial charge < -0.3 is 47.6 Å². The van der Waals surface area contributed by atoms with Crippen LogP contribution < -0.4 is 15.1 Å². The number of piperazine rings is 2. The van der Waals surface area contributed by atoms with Crippen LogP contribution in [0.15, 0.2) is 94.2 Å². The van der Waals surface area contributed by atoms with Crippen LogP contribution in [-0.2, 0) is 41.2 Å². The molecule has 2 unspecified atom stereocenters. The van der Waals surface area contributed by atoms with Gasteiger partial charge in [-0.15, -0.1) is 0 Å². The van der Waals surface area contributed by atoms with Gasteiger partial charge in [-0.3, -0.25) is 4.90 Å². The fourth-order valence-electron chi connectivity index (χ4n) is 11.1. The maximum atomic E-state index is 12.2. The van der Waals surface area contributed by atoms with Crippen LogP contribution in [0.2, 0.25) is 20.1 Å². The number of esters is 2. The number of nitrogens with zero attached hydrogens (tertiary/aromatic N) is 7. The Morgan fingerprint density at radius 2 is 1.14 bits per heavy atom. The number of benzene rings is 4. The molecule has 81 heavy (non-hydrogen) atoms. The third-order valence-corrected chi connectivity index (χ3v) is 16.8. The number of aromatic nitrogens is 4. The third kappa shape index (κ3) is 12.8. The molecule has 2 saturated heterocycles. The van der Waals surface area contributed by atoms with Crippen LogP contribution in [0.3, 0.4) is 0 Å². The highest BCUT2D eigenvalue weighted by Gasteiger charge is 2.35. The molecule has 12 rings (SSSR count). The molecule has 2 aliphatic carbocycles. The topological polar surface area (TPSA) is 153 Å². The minimum atomic E-state index is -0.312. The molecule has 0 amide bonds. The molecule has 4 fully saturated rings. The van der Waals surface area contributed by atoms with Gasteiger partial charge in [-0.2, -0.15) is 0 Å². The maximum Gasteiger partial charge on any atom is 0.340 e. The molecule has 2 aliphatic heterocycles. The number of aryl methyl sites for hydroxylation is 2. The van der Waals surface area contributed by atoms with Gasteiger partial charge in [-0.1, -0.05) is 83.7 Å². The second-order valence-electron chi connectivity index (χ2n) is 20.9. The van der Waals surface area contributed by atoms with Crippen molar-refractivity contribution in [2.24, 2.45) is 14.1 Å². The zero-order valence-electron chi connectivity index (χ0n) is 45.2. The maximum absolute atomic E-state index is 12.2. The normalized spacial score (nSPS) is 17.1. The Morgan fingerprint density at radius 1 is 0.667 bits per heavy atom. The number of rotatable bonds is 13. The number of nitrogens with one attached hydrogen (secondary N) is 1. The average Bonchev–Trinajstić information content (AvgIpc) is 4.53. The number of fused-ring (bicyclic) bond motifs is 2. The van der Waals surface area contributed by atoms with Crippen molar-refractivity contribution >= 4 is 97.8 Å². The number of hydrogen-bond donors (Lipinski definition) is 1. The molecule has 4 aliphatic rings. The van der Waals surface area contributed by atoms with Crippen molar-refractivity contribution in [3.8, 4) is 22.5 Å². The first kappa shape index (κ1) is 60.8. The molecule has 19 heteroatoms. The zero-order chi connectivity index (χ0) is 55.6. The largest absolute Gasteiger partial charge is 0.465 e. The zero-order valence-corrected chi connectivity index (χ0v) is 48.2. The van der Waals surface area contributed by atoms with Crippen molar-refractivity contribution < 1.29 is 32.9 Å². The third-order valence-electron chi connectivity index (χ3n) is 15.5. The van der Waals surface area contributed by atoms with Crippen LogP contribution in [0.5, 0.6) is 0 Å². The highest BCUT2D eigenvalue weighted by Crippen LogP contribution is 2.47. The molecular weight excluding hydrogens is 1110 g/mol. The Morgan fingerprint density at radius 3 is 1.58 bits per heavy atom. The number of methoxy groups -OCH3 is 2. The first-order valence-electron chi connectivity index (χ1n) is 26.8. The summed E-state index contributed by atoms with van der Waals surface area (Å²) in [5, 5.41) is 16.0. The minimum Gasteiger partial charge on any atom is -0.465 e. The van der Waals surface area contributed by atoms with E-state index in [-0.39, 0.29) is 33.2 Å². The van der Waals surface area contributed by atoms with E-state index in [4.69, 9.17) is 64.9 Å². The van der Waals surface area contributed by atoms with Crippen molar-refractivity contribution in [3.05, 3.63) is 139 Å². The highest BCUT2D eigenvalue weighted by atomic mass is 35.5. The SMILES string of the molecule is C.C.COC(=O)c1cn(C)c2cc(N3CCN(CCc4c(-c5c(Cl)cccc5Cl)noc4C4CC4)CC3C)ccc12.COC(=O)c1cn(C)c2cc(N3CCNCC3C)ccc12.O=CCc1c(-c2c(Cl)cccc2Cl)noc1C1CC1. The van der Waals surface area contributed by atoms with Gasteiger partial charge in [0.2, 0.25) is 0 Å². The molecule has 2 atom stereocenters. The van der Waals surface area contributed by atoms with Gasteiger partial charge in [-0.05, 0) is 107 Å². The molecular formula is C62H72Cl4N8O7. The first-order valence-corrected chi connectivity index (χ1v) is 28.3. The van der Waals surface area contributed by atoms with E-state index in [0.717, 1.165) is 146 Å². The van der Waals surface area contributed by atoms with Gasteiger partial charge in [0.1, 0.15) is 29.2 Å². The summed E-state index contributed by atoms with van der Waals surface area (Å²) < 4.78 is 25.1. The monoisotopic (exact) mass is 1180 g/mol. The van der Waals surface area contributed by atoms with Crippen LogP contribution in [0.25, 0.3) is 44.3 Å². The standard InChI is InChI=1S/C30H32Cl2N4O3.C16H21N3O2.C14H11Cl2NO2.2CH4/c1-18-16-35(13-14-36(18)20-9-10-21-23(30(37)38-3)17-34(2)26(21)15-20)12-11-22-28(33-39-29(22)19-7-8-19)27-24(31)5-4-6-25(27)32;1-11-9-17-6-7-19(11)12-4-5-13-14(16(20)21-3)10-18(2)15(13)8-12;15-10-2-1-3-11(16)12(10)13-9(6-7-18)14(19-17-13)8-4-5-8;;/h4-6,9-10,15,17-19H,7-8,11-14,16H2,1-3H3;4-5,8,10-11,17H,6-7,9H2,1-3H3;1-3,7-8H,4-6H2;2*1H4. The molecule has 0 spiro atoms. The quantitative estimate of drug-likeness (QED) is 0.0861. The predicted octanol–water partition coefficient (Wildman–Crippen LogP) is 13.9. The molecule has 0 bridgehead atoms. The number of ether oxygens (including phenoxy) is 2. The van der Waals surface area contributed by atoms with E-state index in [9.17, 15) is 14.4 Å². The lowest BCUT2D eigenvalue weighted by molar-refractivity contribution is -0.107. The summed E-state index contributed by atoms with van der Waals surface area (Å²) in [5.74, 6) is 2.03. The van der Waals surface area contributed by atoms with Gasteiger partial charge >= 0.3 is 11.9 Å². The van der Waals surface area contributed by atoms with Crippen molar-refractivity contribution in [1.82, 2.24) is 29.7 Å². The number of halogens is 4. The van der Waals surface area contributed by atoms with Crippen LogP contribution in [0, 0.1) is 0 Å². The van der Waals surface area contributed by atoms with E-state index in [1.165, 1.54) is 19.9 Å². The Labute approximate surface area is 494 Å². The van der Waals surface area contributed by atoms with Gasteiger partial charge in [0, 0.05) is 147 Å². The second kappa shape index (κ2) is 26.3. The van der Waals surface area contributed by atoms with Gasteiger partial charge in [-0.25, -0.2) is 9.59 Å². The smallest absolute Gasteiger partial charge is 0.340 e. The lowest BCUT2D eigenvalue weighted by Crippen LogP contribution is -2.52. The summed E-state index contributed by atoms with van der Waals surface area (Å²) in [6.45, 7) is 11.2. The van der Waals surface area contributed by atoms with Crippen LogP contribution in [0.4, 0.5) is 11.4 Å². The summed E-state index contributed by atoms with van der Waals surface area (Å²) >= 11 is 25.5. The molecule has 0 radical (unpaired) electrons. The van der Waals surface area contributed by atoms with E-state index < -0.39 is 0 Å². The number of hydrogen-bond acceptors (Lipinski definition) is 13. The molecule has 15 nitrogen and oxygen atoms in total. The van der Waals surface area contributed by atoms with Crippen molar-refractivity contribution in [1.29, 1.82) is 0 Å². The van der Waals surface area contributed by atoms with Crippen LogP contribution in [0.1, 0.15) is 110 Å². The molecule has 6 heterocycles. The lowest BCUT2D eigenvalue weighted by Gasteiger charge is -2.41. The van der Waals surface area contributed by atoms with Gasteiger partial charge in [0.15, 0.2) is 0 Å². The highest BCUT2D eigenvalue weighted by molar-refractivity contribution is 6.39. The predicted molar refractivity (Wildman–Crippen MR) is 326 cm³/mol.